The number of carbonyl (C=O) groups excluding carboxylic acids is 1. The van der Waals surface area contributed by atoms with Gasteiger partial charge in [-0.1, -0.05) is 47.5 Å². The van der Waals surface area contributed by atoms with Gasteiger partial charge in [0, 0.05) is 5.56 Å². The fraction of sp³-hybridized carbons (Fsp3) is 0.143. The SMILES string of the molecule is Cc1cc(C)cc(-c2ccc(NC(=O)COc3cccc(-c4ccoc4)c3)c(C(=O)O)c2C)c1. The zero-order valence-electron chi connectivity index (χ0n) is 19.2. The number of nitrogens with one attached hydrogen (secondary N) is 1. The highest BCUT2D eigenvalue weighted by molar-refractivity contribution is 6.03. The summed E-state index contributed by atoms with van der Waals surface area (Å²) in [5.74, 6) is -1.03. The Morgan fingerprint density at radius 1 is 0.912 bits per heavy atom. The van der Waals surface area contributed by atoms with Crippen LogP contribution in [-0.2, 0) is 4.79 Å². The first-order valence-electron chi connectivity index (χ1n) is 10.8. The van der Waals surface area contributed by atoms with E-state index in [9.17, 15) is 14.7 Å². The van der Waals surface area contributed by atoms with E-state index >= 15 is 0 Å². The average Bonchev–Trinajstić information content (AvgIpc) is 3.32. The minimum absolute atomic E-state index is 0.0620. The molecule has 3 aromatic carbocycles. The Balaban J connectivity index is 1.52. The molecular weight excluding hydrogens is 430 g/mol. The summed E-state index contributed by atoms with van der Waals surface area (Å²) in [4.78, 5) is 24.7. The first kappa shape index (κ1) is 22.9. The largest absolute Gasteiger partial charge is 0.484 e. The molecule has 6 nitrogen and oxygen atoms in total. The van der Waals surface area contributed by atoms with E-state index in [1.807, 2.05) is 56.3 Å². The average molecular weight is 456 g/mol. The first-order chi connectivity index (χ1) is 16.3. The molecule has 0 aliphatic carbocycles. The first-order valence-corrected chi connectivity index (χ1v) is 10.8. The van der Waals surface area contributed by atoms with Crippen molar-refractivity contribution in [1.29, 1.82) is 0 Å². The molecule has 0 saturated heterocycles. The second-order valence-corrected chi connectivity index (χ2v) is 8.22. The van der Waals surface area contributed by atoms with E-state index in [0.717, 1.165) is 33.4 Å². The third kappa shape index (κ3) is 5.02. The second kappa shape index (κ2) is 9.67. The Bertz CT molecular complexity index is 1340. The molecule has 0 spiro atoms. The number of carboxylic acid groups (broad SMARTS) is 1. The summed E-state index contributed by atoms with van der Waals surface area (Å²) < 4.78 is 10.7. The Morgan fingerprint density at radius 2 is 1.68 bits per heavy atom. The smallest absolute Gasteiger partial charge is 0.338 e. The van der Waals surface area contributed by atoms with E-state index in [4.69, 9.17) is 9.15 Å². The van der Waals surface area contributed by atoms with Crippen LogP contribution in [0.5, 0.6) is 5.75 Å². The number of hydrogen-bond acceptors (Lipinski definition) is 4. The lowest BCUT2D eigenvalue weighted by Gasteiger charge is -2.16. The maximum Gasteiger partial charge on any atom is 0.338 e. The summed E-state index contributed by atoms with van der Waals surface area (Å²) in [6, 6.07) is 18.7. The van der Waals surface area contributed by atoms with Gasteiger partial charge >= 0.3 is 5.97 Å². The second-order valence-electron chi connectivity index (χ2n) is 8.22. The minimum atomic E-state index is -1.10. The number of ether oxygens (including phenoxy) is 1. The Morgan fingerprint density at radius 3 is 2.35 bits per heavy atom. The van der Waals surface area contributed by atoms with Crippen molar-refractivity contribution >= 4 is 17.6 Å². The minimum Gasteiger partial charge on any atom is -0.484 e. The van der Waals surface area contributed by atoms with E-state index < -0.39 is 11.9 Å². The number of carboxylic acids is 1. The molecule has 4 aromatic rings. The highest BCUT2D eigenvalue weighted by Gasteiger charge is 2.19. The van der Waals surface area contributed by atoms with Crippen LogP contribution in [0.3, 0.4) is 0 Å². The molecule has 172 valence electrons. The van der Waals surface area contributed by atoms with Crippen LogP contribution in [0.15, 0.2) is 77.6 Å². The van der Waals surface area contributed by atoms with Crippen LogP contribution in [0.1, 0.15) is 27.0 Å². The van der Waals surface area contributed by atoms with Crippen LogP contribution < -0.4 is 10.1 Å². The van der Waals surface area contributed by atoms with Gasteiger partial charge < -0.3 is 19.6 Å². The number of aryl methyl sites for hydroxylation is 2. The van der Waals surface area contributed by atoms with E-state index in [2.05, 4.69) is 11.4 Å². The summed E-state index contributed by atoms with van der Waals surface area (Å²) in [7, 11) is 0. The molecule has 34 heavy (non-hydrogen) atoms. The molecule has 0 fully saturated rings. The molecule has 0 aliphatic heterocycles. The quantitative estimate of drug-likeness (QED) is 0.344. The number of anilines is 1. The van der Waals surface area contributed by atoms with Gasteiger partial charge in [-0.2, -0.15) is 0 Å². The fourth-order valence-corrected chi connectivity index (χ4v) is 4.06. The molecule has 2 N–H and O–H groups in total. The van der Waals surface area contributed by atoms with Gasteiger partial charge in [0.15, 0.2) is 6.61 Å². The molecule has 0 atom stereocenters. The van der Waals surface area contributed by atoms with E-state index in [0.29, 0.717) is 11.3 Å². The van der Waals surface area contributed by atoms with Crippen molar-refractivity contribution in [1.82, 2.24) is 0 Å². The summed E-state index contributed by atoms with van der Waals surface area (Å²) in [6.45, 7) is 5.50. The molecular formula is C28H25NO5. The molecule has 6 heteroatoms. The van der Waals surface area contributed by atoms with Crippen molar-refractivity contribution in [3.63, 3.8) is 0 Å². The Hall–Kier alpha value is -4.32. The molecule has 1 aromatic heterocycles. The van der Waals surface area contributed by atoms with E-state index in [-0.39, 0.29) is 17.9 Å². The maximum atomic E-state index is 12.6. The maximum absolute atomic E-state index is 12.6. The number of aromatic carboxylic acids is 1. The molecule has 0 bridgehead atoms. The highest BCUT2D eigenvalue weighted by atomic mass is 16.5. The van der Waals surface area contributed by atoms with Crippen molar-refractivity contribution in [3.8, 4) is 28.0 Å². The molecule has 0 saturated carbocycles. The van der Waals surface area contributed by atoms with Crippen LogP contribution in [0.4, 0.5) is 5.69 Å². The van der Waals surface area contributed by atoms with Gasteiger partial charge in [-0.05, 0) is 67.3 Å². The van der Waals surface area contributed by atoms with Gasteiger partial charge in [0.25, 0.3) is 5.91 Å². The van der Waals surface area contributed by atoms with Gasteiger partial charge in [-0.15, -0.1) is 0 Å². The van der Waals surface area contributed by atoms with Gasteiger partial charge in [0.1, 0.15) is 5.75 Å². The monoisotopic (exact) mass is 455 g/mol. The number of hydrogen-bond donors (Lipinski definition) is 2. The third-order valence-electron chi connectivity index (χ3n) is 5.54. The Labute approximate surface area is 197 Å². The number of benzene rings is 3. The summed E-state index contributed by atoms with van der Waals surface area (Å²) in [5, 5.41) is 12.6. The van der Waals surface area contributed by atoms with Crippen LogP contribution >= 0.6 is 0 Å². The van der Waals surface area contributed by atoms with Crippen molar-refractivity contribution in [3.05, 3.63) is 95.4 Å². The topological polar surface area (TPSA) is 88.8 Å². The number of rotatable bonds is 7. The van der Waals surface area contributed by atoms with Crippen molar-refractivity contribution < 1.29 is 23.8 Å². The summed E-state index contributed by atoms with van der Waals surface area (Å²) in [6.07, 6.45) is 3.22. The summed E-state index contributed by atoms with van der Waals surface area (Å²) in [5.41, 5.74) is 6.63. The van der Waals surface area contributed by atoms with E-state index in [1.165, 1.54) is 0 Å². The van der Waals surface area contributed by atoms with Crippen molar-refractivity contribution in [2.45, 2.75) is 20.8 Å². The molecule has 0 unspecified atom stereocenters. The number of furan rings is 1. The standard InChI is InChI=1S/C28H25NO5/c1-17-11-18(2)13-22(12-17)24-7-8-25(27(19(24)3)28(31)32)29-26(30)16-34-23-6-4-5-20(14-23)21-9-10-33-15-21/h4-15H,16H2,1-3H3,(H,29,30)(H,31,32). The fourth-order valence-electron chi connectivity index (χ4n) is 4.06. The third-order valence-corrected chi connectivity index (χ3v) is 5.54. The lowest BCUT2D eigenvalue weighted by molar-refractivity contribution is -0.118. The molecule has 1 amide bonds. The predicted molar refractivity (Wildman–Crippen MR) is 131 cm³/mol. The molecule has 4 rings (SSSR count). The normalized spacial score (nSPS) is 10.7. The van der Waals surface area contributed by atoms with Crippen LogP contribution in [0.25, 0.3) is 22.3 Å². The molecule has 0 aliphatic rings. The van der Waals surface area contributed by atoms with Gasteiger partial charge in [-0.25, -0.2) is 4.79 Å². The number of amides is 1. The number of carbonyl (C=O) groups is 2. The zero-order valence-corrected chi connectivity index (χ0v) is 19.2. The van der Waals surface area contributed by atoms with Gasteiger partial charge in [-0.3, -0.25) is 4.79 Å². The van der Waals surface area contributed by atoms with Crippen molar-refractivity contribution in [2.24, 2.45) is 0 Å². The predicted octanol–water partition coefficient (Wildman–Crippen LogP) is 6.25. The van der Waals surface area contributed by atoms with Crippen LogP contribution in [0, 0.1) is 20.8 Å². The highest BCUT2D eigenvalue weighted by Crippen LogP contribution is 2.32. The zero-order chi connectivity index (χ0) is 24.2. The van der Waals surface area contributed by atoms with E-state index in [1.54, 1.807) is 31.6 Å². The lowest BCUT2D eigenvalue weighted by Crippen LogP contribution is -2.22. The summed E-state index contributed by atoms with van der Waals surface area (Å²) >= 11 is 0. The van der Waals surface area contributed by atoms with Gasteiger partial charge in [0.05, 0.1) is 23.8 Å². The molecule has 1 heterocycles. The van der Waals surface area contributed by atoms with Crippen molar-refractivity contribution in [2.75, 3.05) is 11.9 Å². The van der Waals surface area contributed by atoms with Gasteiger partial charge in [0.2, 0.25) is 0 Å². The van der Waals surface area contributed by atoms with Crippen LogP contribution in [0.2, 0.25) is 0 Å². The van der Waals surface area contributed by atoms with Crippen LogP contribution in [-0.4, -0.2) is 23.6 Å². The lowest BCUT2D eigenvalue weighted by atomic mass is 9.93. The Kier molecular flexibility index (Phi) is 6.50. The molecule has 0 radical (unpaired) electrons.